The molecule has 0 aliphatic carbocycles. The number of nitrogens with one attached hydrogen (secondary N) is 1. The van der Waals surface area contributed by atoms with E-state index < -0.39 is 0 Å². The summed E-state index contributed by atoms with van der Waals surface area (Å²) in [6, 6.07) is 15.9. The minimum Gasteiger partial charge on any atom is -0.325 e. The largest absolute Gasteiger partial charge is 0.325 e. The van der Waals surface area contributed by atoms with Crippen LogP contribution in [0.4, 0.5) is 5.69 Å². The van der Waals surface area contributed by atoms with Gasteiger partial charge in [0, 0.05) is 22.2 Å². The second kappa shape index (κ2) is 6.84. The van der Waals surface area contributed by atoms with Crippen LogP contribution in [-0.2, 0) is 4.79 Å². The maximum Gasteiger partial charge on any atom is 0.234 e. The molecule has 3 rings (SSSR count). The number of fused-ring (bicyclic) bond motifs is 1. The number of para-hydroxylation sites is 1. The second-order valence-electron chi connectivity index (χ2n) is 5.46. The fourth-order valence-corrected chi connectivity index (χ4v) is 3.20. The van der Waals surface area contributed by atoms with Crippen molar-refractivity contribution in [1.29, 1.82) is 0 Å². The number of carbonyl (C=O) groups is 1. The maximum atomic E-state index is 12.2. The highest BCUT2D eigenvalue weighted by Crippen LogP contribution is 2.26. The number of benzene rings is 2. The Bertz CT molecular complexity index is 856. The number of amides is 1. The topological polar surface area (TPSA) is 42.0 Å². The van der Waals surface area contributed by atoms with Crippen LogP contribution in [0.15, 0.2) is 59.6 Å². The average molecular weight is 322 g/mol. The zero-order valence-corrected chi connectivity index (χ0v) is 14.0. The zero-order valence-electron chi connectivity index (χ0n) is 13.2. The predicted octanol–water partition coefficient (Wildman–Crippen LogP) is 4.58. The molecule has 0 atom stereocenters. The first-order valence-electron chi connectivity index (χ1n) is 7.47. The SMILES string of the molecule is Cc1ccc(NC(=O)CSc2ccnc3ccccc23)cc1C. The Labute approximate surface area is 140 Å². The number of pyridine rings is 1. The first kappa shape index (κ1) is 15.6. The molecule has 1 N–H and O–H groups in total. The van der Waals surface area contributed by atoms with Gasteiger partial charge in [-0.3, -0.25) is 9.78 Å². The number of aryl methyl sites for hydroxylation is 2. The highest BCUT2D eigenvalue weighted by atomic mass is 32.2. The monoisotopic (exact) mass is 322 g/mol. The number of nitrogens with zero attached hydrogens (tertiary/aromatic N) is 1. The molecule has 1 aromatic heterocycles. The Balaban J connectivity index is 1.67. The van der Waals surface area contributed by atoms with Crippen LogP contribution in [0.2, 0.25) is 0 Å². The summed E-state index contributed by atoms with van der Waals surface area (Å²) in [6.45, 7) is 4.11. The summed E-state index contributed by atoms with van der Waals surface area (Å²) < 4.78 is 0. The molecule has 0 unspecified atom stereocenters. The number of thioether (sulfide) groups is 1. The molecular weight excluding hydrogens is 304 g/mol. The van der Waals surface area contributed by atoms with Crippen molar-refractivity contribution >= 4 is 34.3 Å². The van der Waals surface area contributed by atoms with E-state index in [4.69, 9.17) is 0 Å². The first-order chi connectivity index (χ1) is 11.1. The summed E-state index contributed by atoms with van der Waals surface area (Å²) in [5.74, 6) is 0.375. The van der Waals surface area contributed by atoms with E-state index in [9.17, 15) is 4.79 Å². The molecule has 2 aromatic carbocycles. The number of anilines is 1. The van der Waals surface area contributed by atoms with Gasteiger partial charge in [0.05, 0.1) is 11.3 Å². The third kappa shape index (κ3) is 3.71. The lowest BCUT2D eigenvalue weighted by Crippen LogP contribution is -2.14. The van der Waals surface area contributed by atoms with E-state index in [2.05, 4.69) is 17.2 Å². The molecule has 0 radical (unpaired) electrons. The minimum absolute atomic E-state index is 0.000790. The number of rotatable bonds is 4. The van der Waals surface area contributed by atoms with Gasteiger partial charge in [0.1, 0.15) is 0 Å². The fourth-order valence-electron chi connectivity index (χ4n) is 2.36. The number of hydrogen-bond acceptors (Lipinski definition) is 3. The highest BCUT2D eigenvalue weighted by molar-refractivity contribution is 8.00. The van der Waals surface area contributed by atoms with Crippen LogP contribution in [0, 0.1) is 13.8 Å². The molecule has 4 heteroatoms. The summed E-state index contributed by atoms with van der Waals surface area (Å²) in [7, 11) is 0. The lowest BCUT2D eigenvalue weighted by molar-refractivity contribution is -0.113. The summed E-state index contributed by atoms with van der Waals surface area (Å²) in [5, 5.41) is 4.04. The van der Waals surface area contributed by atoms with Gasteiger partial charge < -0.3 is 5.32 Å². The molecule has 116 valence electrons. The van der Waals surface area contributed by atoms with Gasteiger partial charge in [-0.25, -0.2) is 0 Å². The molecule has 3 aromatic rings. The molecule has 0 aliphatic heterocycles. The molecule has 0 saturated carbocycles. The van der Waals surface area contributed by atoms with Crippen molar-refractivity contribution in [1.82, 2.24) is 4.98 Å². The molecule has 1 heterocycles. The Morgan fingerprint density at radius 2 is 1.91 bits per heavy atom. The van der Waals surface area contributed by atoms with Gasteiger partial charge in [0.2, 0.25) is 5.91 Å². The quantitative estimate of drug-likeness (QED) is 0.715. The molecule has 0 saturated heterocycles. The van der Waals surface area contributed by atoms with Crippen LogP contribution in [0.3, 0.4) is 0 Å². The lowest BCUT2D eigenvalue weighted by atomic mass is 10.1. The number of hydrogen-bond donors (Lipinski definition) is 1. The van der Waals surface area contributed by atoms with Crippen LogP contribution >= 0.6 is 11.8 Å². The van der Waals surface area contributed by atoms with Gasteiger partial charge >= 0.3 is 0 Å². The third-order valence-corrected chi connectivity index (χ3v) is 4.83. The fraction of sp³-hybridized carbons (Fsp3) is 0.158. The van der Waals surface area contributed by atoms with Crippen molar-refractivity contribution in [2.45, 2.75) is 18.7 Å². The maximum absolute atomic E-state index is 12.2. The number of aromatic nitrogens is 1. The van der Waals surface area contributed by atoms with E-state index in [-0.39, 0.29) is 5.91 Å². The third-order valence-electron chi connectivity index (χ3n) is 3.76. The Kier molecular flexibility index (Phi) is 4.63. The zero-order chi connectivity index (χ0) is 16.2. The van der Waals surface area contributed by atoms with Crippen molar-refractivity contribution in [3.8, 4) is 0 Å². The van der Waals surface area contributed by atoms with Gasteiger partial charge in [-0.05, 0) is 49.2 Å². The van der Waals surface area contributed by atoms with Crippen LogP contribution < -0.4 is 5.32 Å². The van der Waals surface area contributed by atoms with Crippen LogP contribution in [0.5, 0.6) is 0 Å². The van der Waals surface area contributed by atoms with Crippen molar-refractivity contribution in [2.24, 2.45) is 0 Å². The summed E-state index contributed by atoms with van der Waals surface area (Å²) in [4.78, 5) is 17.6. The van der Waals surface area contributed by atoms with Crippen LogP contribution in [0.1, 0.15) is 11.1 Å². The predicted molar refractivity (Wildman–Crippen MR) is 97.0 cm³/mol. The van der Waals surface area contributed by atoms with Crippen LogP contribution in [-0.4, -0.2) is 16.6 Å². The van der Waals surface area contributed by atoms with Crippen molar-refractivity contribution in [2.75, 3.05) is 11.1 Å². The van der Waals surface area contributed by atoms with Crippen molar-refractivity contribution < 1.29 is 4.79 Å². The van der Waals surface area contributed by atoms with E-state index in [1.807, 2.05) is 55.5 Å². The molecule has 0 fully saturated rings. The summed E-state index contributed by atoms with van der Waals surface area (Å²) in [5.41, 5.74) is 4.20. The summed E-state index contributed by atoms with van der Waals surface area (Å²) >= 11 is 1.53. The molecule has 3 nitrogen and oxygen atoms in total. The van der Waals surface area contributed by atoms with E-state index in [0.29, 0.717) is 5.75 Å². The van der Waals surface area contributed by atoms with Crippen molar-refractivity contribution in [3.05, 3.63) is 65.9 Å². The normalized spacial score (nSPS) is 10.7. The smallest absolute Gasteiger partial charge is 0.234 e. The van der Waals surface area contributed by atoms with E-state index in [0.717, 1.165) is 21.5 Å². The Morgan fingerprint density at radius 3 is 2.74 bits per heavy atom. The second-order valence-corrected chi connectivity index (χ2v) is 6.48. The average Bonchev–Trinajstić information content (AvgIpc) is 2.56. The highest BCUT2D eigenvalue weighted by Gasteiger charge is 2.07. The Morgan fingerprint density at radius 1 is 1.09 bits per heavy atom. The molecule has 0 spiro atoms. The standard InChI is InChI=1S/C19H18N2OS/c1-13-7-8-15(11-14(13)2)21-19(22)12-23-18-9-10-20-17-6-4-3-5-16(17)18/h3-11H,12H2,1-2H3,(H,21,22). The van der Waals surface area contributed by atoms with Gasteiger partial charge in [0.25, 0.3) is 0 Å². The lowest BCUT2D eigenvalue weighted by Gasteiger charge is -2.08. The number of carbonyl (C=O) groups excluding carboxylic acids is 1. The van der Waals surface area contributed by atoms with E-state index >= 15 is 0 Å². The summed E-state index contributed by atoms with van der Waals surface area (Å²) in [6.07, 6.45) is 1.78. The Hall–Kier alpha value is -2.33. The molecule has 0 aliphatic rings. The van der Waals surface area contributed by atoms with Gasteiger partial charge in [-0.1, -0.05) is 24.3 Å². The minimum atomic E-state index is -0.000790. The van der Waals surface area contributed by atoms with E-state index in [1.165, 1.54) is 22.9 Å². The van der Waals surface area contributed by atoms with Gasteiger partial charge in [0.15, 0.2) is 0 Å². The van der Waals surface area contributed by atoms with E-state index in [1.54, 1.807) is 6.20 Å². The van der Waals surface area contributed by atoms with Crippen LogP contribution in [0.25, 0.3) is 10.9 Å². The van der Waals surface area contributed by atoms with Crippen molar-refractivity contribution in [3.63, 3.8) is 0 Å². The van der Waals surface area contributed by atoms with Gasteiger partial charge in [-0.15, -0.1) is 11.8 Å². The molecule has 1 amide bonds. The van der Waals surface area contributed by atoms with Gasteiger partial charge in [-0.2, -0.15) is 0 Å². The molecule has 0 bridgehead atoms. The molecule has 23 heavy (non-hydrogen) atoms. The first-order valence-corrected chi connectivity index (χ1v) is 8.46. The molecular formula is C19H18N2OS.